The third-order valence-electron chi connectivity index (χ3n) is 3.62. The van der Waals surface area contributed by atoms with E-state index in [0.29, 0.717) is 22.5 Å². The number of ketones is 1. The number of ether oxygens (including phenoxy) is 1. The molecule has 0 aliphatic rings. The van der Waals surface area contributed by atoms with Crippen molar-refractivity contribution in [2.75, 3.05) is 12.4 Å². The highest BCUT2D eigenvalue weighted by molar-refractivity contribution is 6.04. The second kappa shape index (κ2) is 6.47. The number of hydrogen-bond acceptors (Lipinski definition) is 4. The standard InChI is InChI=1S/C17H20N2O3/c1-10-14(17(21)22-4)11(2)19-15(10)16(20)12(3)18-13-8-6-5-7-9-13/h5-9,12,18-19H,1-4H3/t12-/m1/s1. The summed E-state index contributed by atoms with van der Waals surface area (Å²) >= 11 is 0. The molecule has 5 nitrogen and oxygen atoms in total. The fourth-order valence-electron chi connectivity index (χ4n) is 2.47. The van der Waals surface area contributed by atoms with Gasteiger partial charge in [-0.1, -0.05) is 18.2 Å². The summed E-state index contributed by atoms with van der Waals surface area (Å²) < 4.78 is 4.76. The van der Waals surface area contributed by atoms with Crippen LogP contribution in [0.2, 0.25) is 0 Å². The van der Waals surface area contributed by atoms with Crippen LogP contribution in [-0.4, -0.2) is 29.9 Å². The summed E-state index contributed by atoms with van der Waals surface area (Å²) in [7, 11) is 1.33. The third kappa shape index (κ3) is 3.03. The molecule has 0 spiro atoms. The second-order valence-corrected chi connectivity index (χ2v) is 5.21. The maximum Gasteiger partial charge on any atom is 0.339 e. The lowest BCUT2D eigenvalue weighted by Crippen LogP contribution is -2.27. The molecule has 0 aliphatic carbocycles. The Morgan fingerprint density at radius 3 is 2.41 bits per heavy atom. The number of methoxy groups -OCH3 is 1. The Balaban J connectivity index is 2.24. The normalized spacial score (nSPS) is 11.8. The summed E-state index contributed by atoms with van der Waals surface area (Å²) in [6.45, 7) is 5.30. The van der Waals surface area contributed by atoms with Gasteiger partial charge in [-0.2, -0.15) is 0 Å². The largest absolute Gasteiger partial charge is 0.465 e. The van der Waals surface area contributed by atoms with Gasteiger partial charge in [0.25, 0.3) is 0 Å². The Bertz CT molecular complexity index is 689. The Kier molecular flexibility index (Phi) is 4.65. The lowest BCUT2D eigenvalue weighted by molar-refractivity contribution is 0.0599. The Hall–Kier alpha value is -2.56. The van der Waals surface area contributed by atoms with Gasteiger partial charge in [-0.15, -0.1) is 0 Å². The molecule has 0 saturated heterocycles. The molecular formula is C17H20N2O3. The molecule has 2 N–H and O–H groups in total. The van der Waals surface area contributed by atoms with Crippen LogP contribution in [0.5, 0.6) is 0 Å². The van der Waals surface area contributed by atoms with E-state index in [1.54, 1.807) is 20.8 Å². The molecule has 0 amide bonds. The van der Waals surface area contributed by atoms with Crippen LogP contribution in [0, 0.1) is 13.8 Å². The van der Waals surface area contributed by atoms with Crippen LogP contribution < -0.4 is 5.32 Å². The van der Waals surface area contributed by atoms with Gasteiger partial charge in [-0.05, 0) is 38.5 Å². The van der Waals surface area contributed by atoms with Crippen molar-refractivity contribution in [2.45, 2.75) is 26.8 Å². The van der Waals surface area contributed by atoms with Crippen molar-refractivity contribution in [2.24, 2.45) is 0 Å². The molecule has 0 saturated carbocycles. The van der Waals surface area contributed by atoms with E-state index >= 15 is 0 Å². The van der Waals surface area contributed by atoms with Gasteiger partial charge in [-0.3, -0.25) is 4.79 Å². The minimum Gasteiger partial charge on any atom is -0.465 e. The molecular weight excluding hydrogens is 280 g/mol. The maximum atomic E-state index is 12.6. The number of aromatic amines is 1. The molecule has 22 heavy (non-hydrogen) atoms. The predicted molar refractivity (Wildman–Crippen MR) is 85.5 cm³/mol. The smallest absolute Gasteiger partial charge is 0.339 e. The highest BCUT2D eigenvalue weighted by Gasteiger charge is 2.25. The second-order valence-electron chi connectivity index (χ2n) is 5.21. The molecule has 0 aliphatic heterocycles. The van der Waals surface area contributed by atoms with Crippen molar-refractivity contribution < 1.29 is 14.3 Å². The Labute approximate surface area is 129 Å². The van der Waals surface area contributed by atoms with Gasteiger partial charge in [0.2, 0.25) is 5.78 Å². The van der Waals surface area contributed by atoms with Crippen LogP contribution >= 0.6 is 0 Å². The molecule has 0 unspecified atom stereocenters. The van der Waals surface area contributed by atoms with E-state index in [2.05, 4.69) is 10.3 Å². The molecule has 1 aromatic heterocycles. The first-order valence-corrected chi connectivity index (χ1v) is 7.09. The minimum absolute atomic E-state index is 0.0976. The first kappa shape index (κ1) is 15.8. The highest BCUT2D eigenvalue weighted by Crippen LogP contribution is 2.21. The molecule has 1 aromatic carbocycles. The number of aryl methyl sites for hydroxylation is 1. The van der Waals surface area contributed by atoms with Gasteiger partial charge in [0.1, 0.15) is 0 Å². The summed E-state index contributed by atoms with van der Waals surface area (Å²) in [6.07, 6.45) is 0. The van der Waals surface area contributed by atoms with E-state index in [1.165, 1.54) is 7.11 Å². The zero-order valence-electron chi connectivity index (χ0n) is 13.2. The van der Waals surface area contributed by atoms with E-state index in [-0.39, 0.29) is 5.78 Å². The van der Waals surface area contributed by atoms with Crippen molar-refractivity contribution in [3.8, 4) is 0 Å². The number of anilines is 1. The maximum absolute atomic E-state index is 12.6. The minimum atomic E-state index is -0.436. The zero-order valence-corrected chi connectivity index (χ0v) is 13.2. The fraction of sp³-hybridized carbons (Fsp3) is 0.294. The summed E-state index contributed by atoms with van der Waals surface area (Å²) in [4.78, 5) is 27.4. The number of hydrogen-bond donors (Lipinski definition) is 2. The number of aromatic nitrogens is 1. The first-order chi connectivity index (χ1) is 10.5. The summed E-state index contributed by atoms with van der Waals surface area (Å²) in [5.41, 5.74) is 3.00. The number of rotatable bonds is 5. The summed E-state index contributed by atoms with van der Waals surface area (Å²) in [6, 6.07) is 9.11. The summed E-state index contributed by atoms with van der Waals surface area (Å²) in [5.74, 6) is -0.534. The lowest BCUT2D eigenvalue weighted by Gasteiger charge is -2.14. The number of Topliss-reactive ketones (excluding diaryl/α,β-unsaturated/α-hetero) is 1. The van der Waals surface area contributed by atoms with E-state index in [1.807, 2.05) is 30.3 Å². The van der Waals surface area contributed by atoms with Crippen molar-refractivity contribution in [1.82, 2.24) is 4.98 Å². The Morgan fingerprint density at radius 1 is 1.18 bits per heavy atom. The van der Waals surface area contributed by atoms with Crippen LogP contribution in [0.1, 0.15) is 39.0 Å². The summed E-state index contributed by atoms with van der Waals surface area (Å²) in [5, 5.41) is 3.15. The number of esters is 1. The van der Waals surface area contributed by atoms with Gasteiger partial charge >= 0.3 is 5.97 Å². The van der Waals surface area contributed by atoms with Gasteiger partial charge < -0.3 is 15.0 Å². The monoisotopic (exact) mass is 300 g/mol. The van der Waals surface area contributed by atoms with E-state index in [9.17, 15) is 9.59 Å². The zero-order chi connectivity index (χ0) is 16.3. The molecule has 1 atom stereocenters. The quantitative estimate of drug-likeness (QED) is 0.657. The number of carbonyl (C=O) groups excluding carboxylic acids is 2. The number of benzene rings is 1. The van der Waals surface area contributed by atoms with Crippen LogP contribution in [0.4, 0.5) is 5.69 Å². The van der Waals surface area contributed by atoms with Crippen LogP contribution in [0.25, 0.3) is 0 Å². The Morgan fingerprint density at radius 2 is 1.82 bits per heavy atom. The number of nitrogens with one attached hydrogen (secondary N) is 2. The molecule has 116 valence electrons. The lowest BCUT2D eigenvalue weighted by atomic mass is 10.0. The topological polar surface area (TPSA) is 71.2 Å². The van der Waals surface area contributed by atoms with Gasteiger partial charge in [0.15, 0.2) is 0 Å². The highest BCUT2D eigenvalue weighted by atomic mass is 16.5. The van der Waals surface area contributed by atoms with Crippen molar-refractivity contribution >= 4 is 17.4 Å². The van der Waals surface area contributed by atoms with Gasteiger partial charge in [0, 0.05) is 11.4 Å². The van der Waals surface area contributed by atoms with Crippen molar-refractivity contribution in [3.05, 3.63) is 52.8 Å². The first-order valence-electron chi connectivity index (χ1n) is 7.09. The van der Waals surface area contributed by atoms with Crippen LogP contribution in [0.3, 0.4) is 0 Å². The number of carbonyl (C=O) groups is 2. The van der Waals surface area contributed by atoms with E-state index in [4.69, 9.17) is 4.74 Å². The van der Waals surface area contributed by atoms with Crippen LogP contribution in [0.15, 0.2) is 30.3 Å². The molecule has 0 bridgehead atoms. The number of para-hydroxylation sites is 1. The third-order valence-corrected chi connectivity index (χ3v) is 3.62. The molecule has 1 heterocycles. The van der Waals surface area contributed by atoms with Gasteiger partial charge in [0.05, 0.1) is 24.4 Å². The molecule has 5 heteroatoms. The van der Waals surface area contributed by atoms with Crippen LogP contribution in [-0.2, 0) is 4.74 Å². The SMILES string of the molecule is COC(=O)c1c(C)[nH]c(C(=O)[C@@H](C)Nc2ccccc2)c1C. The molecule has 2 aromatic rings. The van der Waals surface area contributed by atoms with E-state index in [0.717, 1.165) is 5.69 Å². The van der Waals surface area contributed by atoms with Crippen molar-refractivity contribution in [3.63, 3.8) is 0 Å². The molecule has 2 rings (SSSR count). The average Bonchev–Trinajstić information content (AvgIpc) is 2.81. The van der Waals surface area contributed by atoms with E-state index < -0.39 is 12.0 Å². The average molecular weight is 300 g/mol. The predicted octanol–water partition coefficient (Wildman–Crippen LogP) is 3.10. The van der Waals surface area contributed by atoms with Crippen molar-refractivity contribution in [1.29, 1.82) is 0 Å². The fourth-order valence-corrected chi connectivity index (χ4v) is 2.47. The molecule has 0 radical (unpaired) electrons. The molecule has 0 fully saturated rings. The van der Waals surface area contributed by atoms with Gasteiger partial charge in [-0.25, -0.2) is 4.79 Å². The number of H-pyrrole nitrogens is 1.